The van der Waals surface area contributed by atoms with Crippen LogP contribution in [-0.2, 0) is 6.42 Å². The Kier molecular flexibility index (Phi) is 5.89. The molecule has 3 N–H and O–H groups in total. The van der Waals surface area contributed by atoms with Gasteiger partial charge in [0.1, 0.15) is 5.84 Å². The molecule has 1 heterocycles. The molecule has 0 aliphatic heterocycles. The van der Waals surface area contributed by atoms with Crippen molar-refractivity contribution in [3.05, 3.63) is 72.1 Å². The first-order chi connectivity index (χ1) is 13.5. The molecule has 0 saturated carbocycles. The van der Waals surface area contributed by atoms with Crippen molar-refractivity contribution >= 4 is 17.6 Å². The SMILES string of the molecule is CCc1cc(NC(=O)N(C(C)=N)C(C)c2ccccc2)ccc1-c1cn[nH]c1. The summed E-state index contributed by atoms with van der Waals surface area (Å²) in [6.45, 7) is 5.63. The van der Waals surface area contributed by atoms with Crippen LogP contribution in [0.5, 0.6) is 0 Å². The first kappa shape index (κ1) is 19.4. The number of benzene rings is 2. The number of rotatable bonds is 5. The molecule has 1 aromatic heterocycles. The topological polar surface area (TPSA) is 84.9 Å². The highest BCUT2D eigenvalue weighted by Gasteiger charge is 2.23. The van der Waals surface area contributed by atoms with Gasteiger partial charge in [-0.15, -0.1) is 0 Å². The largest absolute Gasteiger partial charge is 0.327 e. The van der Waals surface area contributed by atoms with E-state index >= 15 is 0 Å². The first-order valence-electron chi connectivity index (χ1n) is 9.33. The van der Waals surface area contributed by atoms with Crippen LogP contribution in [0.15, 0.2) is 60.9 Å². The zero-order chi connectivity index (χ0) is 20.1. The maximum absolute atomic E-state index is 12.9. The molecule has 0 spiro atoms. The molecule has 0 aliphatic carbocycles. The van der Waals surface area contributed by atoms with Crippen LogP contribution < -0.4 is 5.32 Å². The summed E-state index contributed by atoms with van der Waals surface area (Å²) in [5.74, 6) is 0.194. The number of amides is 2. The van der Waals surface area contributed by atoms with Gasteiger partial charge in [0, 0.05) is 17.4 Å². The number of nitrogens with zero attached hydrogens (tertiary/aromatic N) is 2. The minimum absolute atomic E-state index is 0.194. The fourth-order valence-electron chi connectivity index (χ4n) is 3.33. The summed E-state index contributed by atoms with van der Waals surface area (Å²) in [5, 5.41) is 17.9. The van der Waals surface area contributed by atoms with E-state index in [9.17, 15) is 4.79 Å². The van der Waals surface area contributed by atoms with Gasteiger partial charge in [-0.25, -0.2) is 4.79 Å². The quantitative estimate of drug-likeness (QED) is 0.421. The minimum atomic E-state index is -0.318. The van der Waals surface area contributed by atoms with Crippen molar-refractivity contribution in [2.24, 2.45) is 0 Å². The Morgan fingerprint density at radius 1 is 1.25 bits per heavy atom. The number of aromatic amines is 1. The van der Waals surface area contributed by atoms with E-state index in [1.165, 1.54) is 4.90 Å². The van der Waals surface area contributed by atoms with E-state index in [0.29, 0.717) is 5.69 Å². The molecule has 2 aromatic carbocycles. The molecular weight excluding hydrogens is 350 g/mol. The van der Waals surface area contributed by atoms with Crippen LogP contribution in [-0.4, -0.2) is 27.0 Å². The molecule has 0 fully saturated rings. The number of aromatic nitrogens is 2. The highest BCUT2D eigenvalue weighted by atomic mass is 16.2. The average Bonchev–Trinajstić information content (AvgIpc) is 3.22. The maximum Gasteiger partial charge on any atom is 0.327 e. The smallest absolute Gasteiger partial charge is 0.307 e. The van der Waals surface area contributed by atoms with Gasteiger partial charge < -0.3 is 5.32 Å². The predicted octanol–water partition coefficient (Wildman–Crippen LogP) is 5.23. The van der Waals surface area contributed by atoms with Crippen molar-refractivity contribution in [2.75, 3.05) is 5.32 Å². The van der Waals surface area contributed by atoms with Crippen molar-refractivity contribution in [3.63, 3.8) is 0 Å². The van der Waals surface area contributed by atoms with Gasteiger partial charge in [0.05, 0.1) is 12.2 Å². The molecule has 3 rings (SSSR count). The van der Waals surface area contributed by atoms with Crippen LogP contribution >= 0.6 is 0 Å². The summed E-state index contributed by atoms with van der Waals surface area (Å²) < 4.78 is 0. The lowest BCUT2D eigenvalue weighted by Gasteiger charge is -2.28. The number of aryl methyl sites for hydroxylation is 1. The minimum Gasteiger partial charge on any atom is -0.307 e. The second-order valence-corrected chi connectivity index (χ2v) is 6.68. The van der Waals surface area contributed by atoms with Crippen molar-refractivity contribution in [2.45, 2.75) is 33.2 Å². The number of urea groups is 1. The van der Waals surface area contributed by atoms with Gasteiger partial charge in [0.15, 0.2) is 0 Å². The highest BCUT2D eigenvalue weighted by molar-refractivity contribution is 6.02. The van der Waals surface area contributed by atoms with Crippen molar-refractivity contribution in [1.29, 1.82) is 5.41 Å². The number of H-pyrrole nitrogens is 1. The van der Waals surface area contributed by atoms with E-state index in [1.54, 1.807) is 13.1 Å². The summed E-state index contributed by atoms with van der Waals surface area (Å²) in [6, 6.07) is 15.0. The second-order valence-electron chi connectivity index (χ2n) is 6.68. The van der Waals surface area contributed by atoms with E-state index in [0.717, 1.165) is 28.7 Å². The number of hydrogen-bond acceptors (Lipinski definition) is 3. The van der Waals surface area contributed by atoms with E-state index in [4.69, 9.17) is 5.41 Å². The standard InChI is InChI=1S/C22H25N5O/c1-4-17-12-20(10-11-21(17)19-13-24-25-14-19)26-22(28)27(16(3)23)15(2)18-8-6-5-7-9-18/h5-15,23H,4H2,1-3H3,(H,24,25)(H,26,28). The molecule has 0 bridgehead atoms. The third-order valence-corrected chi connectivity index (χ3v) is 4.80. The van der Waals surface area contributed by atoms with Crippen LogP contribution in [0.2, 0.25) is 0 Å². The molecule has 28 heavy (non-hydrogen) atoms. The summed E-state index contributed by atoms with van der Waals surface area (Å²) >= 11 is 0. The number of nitrogens with one attached hydrogen (secondary N) is 3. The highest BCUT2D eigenvalue weighted by Crippen LogP contribution is 2.27. The third kappa shape index (κ3) is 4.11. The molecule has 3 aromatic rings. The van der Waals surface area contributed by atoms with Gasteiger partial charge in [0.2, 0.25) is 0 Å². The van der Waals surface area contributed by atoms with Crippen LogP contribution in [0.3, 0.4) is 0 Å². The normalized spacial score (nSPS) is 11.7. The Morgan fingerprint density at radius 3 is 2.61 bits per heavy atom. The number of carbonyl (C=O) groups is 1. The number of hydrogen-bond donors (Lipinski definition) is 3. The zero-order valence-corrected chi connectivity index (χ0v) is 16.4. The zero-order valence-electron chi connectivity index (χ0n) is 16.4. The lowest BCUT2D eigenvalue weighted by Crippen LogP contribution is -2.40. The average molecular weight is 375 g/mol. The molecule has 6 heteroatoms. The molecular formula is C22H25N5O. The Hall–Kier alpha value is -3.41. The molecule has 144 valence electrons. The van der Waals surface area contributed by atoms with Crippen molar-refractivity contribution in [1.82, 2.24) is 15.1 Å². The Morgan fingerprint density at radius 2 is 2.00 bits per heavy atom. The van der Waals surface area contributed by atoms with Crippen molar-refractivity contribution < 1.29 is 4.79 Å². The summed E-state index contributed by atoms with van der Waals surface area (Å²) in [5.41, 5.74) is 4.92. The fourth-order valence-corrected chi connectivity index (χ4v) is 3.33. The van der Waals surface area contributed by atoms with E-state index in [2.05, 4.69) is 22.4 Å². The van der Waals surface area contributed by atoms with Gasteiger partial charge in [-0.3, -0.25) is 15.4 Å². The molecule has 1 unspecified atom stereocenters. The fraction of sp³-hybridized carbons (Fsp3) is 0.227. The molecule has 0 aliphatic rings. The predicted molar refractivity (Wildman–Crippen MR) is 113 cm³/mol. The van der Waals surface area contributed by atoms with Crippen LogP contribution in [0.25, 0.3) is 11.1 Å². The number of amidine groups is 1. The summed E-state index contributed by atoms with van der Waals surface area (Å²) in [6.07, 6.45) is 4.47. The first-order valence-corrected chi connectivity index (χ1v) is 9.33. The van der Waals surface area contributed by atoms with Crippen LogP contribution in [0, 0.1) is 5.41 Å². The molecule has 0 radical (unpaired) electrons. The second kappa shape index (κ2) is 8.52. The van der Waals surface area contributed by atoms with E-state index in [1.807, 2.05) is 61.7 Å². The third-order valence-electron chi connectivity index (χ3n) is 4.80. The Bertz CT molecular complexity index is 950. The lowest BCUT2D eigenvalue weighted by atomic mass is 10.00. The monoisotopic (exact) mass is 375 g/mol. The summed E-state index contributed by atoms with van der Waals surface area (Å²) in [4.78, 5) is 14.4. The molecule has 1 atom stereocenters. The Balaban J connectivity index is 1.83. The number of carbonyl (C=O) groups excluding carboxylic acids is 1. The number of anilines is 1. The molecule has 6 nitrogen and oxygen atoms in total. The van der Waals surface area contributed by atoms with Gasteiger partial charge in [-0.05, 0) is 49.1 Å². The molecule has 0 saturated heterocycles. The lowest BCUT2D eigenvalue weighted by molar-refractivity contribution is 0.224. The van der Waals surface area contributed by atoms with E-state index < -0.39 is 0 Å². The van der Waals surface area contributed by atoms with Gasteiger partial charge >= 0.3 is 6.03 Å². The van der Waals surface area contributed by atoms with Gasteiger partial charge in [-0.2, -0.15) is 5.10 Å². The maximum atomic E-state index is 12.9. The Labute approximate surface area is 165 Å². The van der Waals surface area contributed by atoms with Crippen LogP contribution in [0.4, 0.5) is 10.5 Å². The van der Waals surface area contributed by atoms with Crippen LogP contribution in [0.1, 0.15) is 37.9 Å². The summed E-state index contributed by atoms with van der Waals surface area (Å²) in [7, 11) is 0. The van der Waals surface area contributed by atoms with Crippen molar-refractivity contribution in [3.8, 4) is 11.1 Å². The van der Waals surface area contributed by atoms with Gasteiger partial charge in [0.25, 0.3) is 0 Å². The van der Waals surface area contributed by atoms with Gasteiger partial charge in [-0.1, -0.05) is 43.3 Å². The van der Waals surface area contributed by atoms with E-state index in [-0.39, 0.29) is 17.9 Å². The molecule has 2 amide bonds.